The number of likely N-dealkylation sites (N-methyl/N-ethyl adjacent to an activating group) is 1. The third-order valence-corrected chi connectivity index (χ3v) is 3.91. The summed E-state index contributed by atoms with van der Waals surface area (Å²) in [6.45, 7) is 0.170. The maximum absolute atomic E-state index is 12.0. The van der Waals surface area contributed by atoms with Gasteiger partial charge in [0, 0.05) is 19.6 Å². The van der Waals surface area contributed by atoms with Crippen LogP contribution in [0.1, 0.15) is 12.8 Å². The molecule has 0 aromatic rings. The molecule has 0 radical (unpaired) electrons. The van der Waals surface area contributed by atoms with E-state index in [1.165, 1.54) is 7.11 Å². The molecule has 0 N–H and O–H groups in total. The summed E-state index contributed by atoms with van der Waals surface area (Å²) in [6.07, 6.45) is 0.985. The molecule has 2 bridgehead atoms. The third kappa shape index (κ3) is 2.15. The van der Waals surface area contributed by atoms with Crippen molar-refractivity contribution in [1.29, 1.82) is 0 Å². The largest absolute Gasteiger partial charge is 0.468 e. The lowest BCUT2D eigenvalue weighted by atomic mass is 9.88. The molecule has 2 fully saturated rings. The standard InChI is InChI=1S/C12H19NO5/c1-13-7-4-8(14)10(12(15)17-3)11(13)9(5-7)18-6-16-2/h7,9-11H,4-6H2,1-3H3/t7-,9-,10+,11-/m0/s1. The van der Waals surface area contributed by atoms with Crippen LogP contribution in [-0.4, -0.2) is 62.9 Å². The molecular weight excluding hydrogens is 238 g/mol. The van der Waals surface area contributed by atoms with Crippen LogP contribution in [0.4, 0.5) is 0 Å². The lowest BCUT2D eigenvalue weighted by Gasteiger charge is -2.35. The highest BCUT2D eigenvalue weighted by atomic mass is 16.7. The van der Waals surface area contributed by atoms with Gasteiger partial charge >= 0.3 is 5.97 Å². The van der Waals surface area contributed by atoms with Crippen molar-refractivity contribution < 1.29 is 23.8 Å². The van der Waals surface area contributed by atoms with Gasteiger partial charge < -0.3 is 14.2 Å². The maximum Gasteiger partial charge on any atom is 0.317 e. The number of methoxy groups -OCH3 is 2. The molecule has 0 aromatic carbocycles. The first kappa shape index (κ1) is 13.5. The normalized spacial score (nSPS) is 35.8. The van der Waals surface area contributed by atoms with Gasteiger partial charge in [-0.3, -0.25) is 14.5 Å². The SMILES string of the molecule is COCO[C@H]1C[C@@H]2CC(=O)[C@@H](C(=O)OC)[C@H]1N2C. The van der Waals surface area contributed by atoms with Crippen molar-refractivity contribution in [3.63, 3.8) is 0 Å². The summed E-state index contributed by atoms with van der Waals surface area (Å²) >= 11 is 0. The topological polar surface area (TPSA) is 65.1 Å². The number of Topliss-reactive ketones (excluding diaryl/α,β-unsaturated/α-hetero) is 1. The zero-order chi connectivity index (χ0) is 13.3. The number of hydrogen-bond acceptors (Lipinski definition) is 6. The van der Waals surface area contributed by atoms with Gasteiger partial charge in [-0.1, -0.05) is 0 Å². The van der Waals surface area contributed by atoms with Gasteiger partial charge in [-0.25, -0.2) is 0 Å². The van der Waals surface area contributed by atoms with E-state index in [1.54, 1.807) is 7.11 Å². The van der Waals surface area contributed by atoms with Crippen molar-refractivity contribution in [2.24, 2.45) is 5.92 Å². The fourth-order valence-electron chi connectivity index (χ4n) is 3.03. The minimum Gasteiger partial charge on any atom is -0.468 e. The van der Waals surface area contributed by atoms with Gasteiger partial charge in [0.15, 0.2) is 0 Å². The van der Waals surface area contributed by atoms with Crippen LogP contribution in [0, 0.1) is 5.92 Å². The van der Waals surface area contributed by atoms with Gasteiger partial charge in [-0.05, 0) is 13.5 Å². The van der Waals surface area contributed by atoms with E-state index in [0.29, 0.717) is 6.42 Å². The van der Waals surface area contributed by atoms with Crippen LogP contribution >= 0.6 is 0 Å². The molecule has 2 heterocycles. The molecule has 102 valence electrons. The van der Waals surface area contributed by atoms with Crippen molar-refractivity contribution in [2.45, 2.75) is 31.0 Å². The van der Waals surface area contributed by atoms with E-state index >= 15 is 0 Å². The first-order chi connectivity index (χ1) is 8.60. The molecule has 2 aliphatic rings. The van der Waals surface area contributed by atoms with Crippen LogP contribution in [-0.2, 0) is 23.8 Å². The Morgan fingerprint density at radius 2 is 2.17 bits per heavy atom. The number of ketones is 1. The molecule has 2 saturated heterocycles. The minimum atomic E-state index is -0.736. The predicted molar refractivity (Wildman–Crippen MR) is 61.8 cm³/mol. The Morgan fingerprint density at radius 1 is 1.44 bits per heavy atom. The summed E-state index contributed by atoms with van der Waals surface area (Å²) in [6, 6.07) is -0.0795. The van der Waals surface area contributed by atoms with Crippen molar-refractivity contribution in [1.82, 2.24) is 4.90 Å². The Hall–Kier alpha value is -0.980. The molecule has 0 unspecified atom stereocenters. The van der Waals surface area contributed by atoms with Crippen LogP contribution < -0.4 is 0 Å². The quantitative estimate of drug-likeness (QED) is 0.395. The van der Waals surface area contributed by atoms with Crippen LogP contribution in [0.25, 0.3) is 0 Å². The number of carbonyl (C=O) groups is 2. The van der Waals surface area contributed by atoms with Gasteiger partial charge in [0.25, 0.3) is 0 Å². The first-order valence-electron chi connectivity index (χ1n) is 6.03. The fraction of sp³-hybridized carbons (Fsp3) is 0.833. The summed E-state index contributed by atoms with van der Waals surface area (Å²) in [5, 5.41) is 0. The average Bonchev–Trinajstić information content (AvgIpc) is 2.56. The smallest absolute Gasteiger partial charge is 0.317 e. The van der Waals surface area contributed by atoms with Crippen molar-refractivity contribution in [2.75, 3.05) is 28.1 Å². The van der Waals surface area contributed by atoms with Gasteiger partial charge in [0.05, 0.1) is 19.3 Å². The Labute approximate surface area is 106 Å². The van der Waals surface area contributed by atoms with Crippen molar-refractivity contribution in [3.8, 4) is 0 Å². The minimum absolute atomic E-state index is 0.0431. The van der Waals surface area contributed by atoms with E-state index in [1.807, 2.05) is 7.05 Å². The summed E-state index contributed by atoms with van der Waals surface area (Å²) < 4.78 is 15.2. The molecule has 0 spiro atoms. The Kier molecular flexibility index (Phi) is 3.99. The zero-order valence-electron chi connectivity index (χ0n) is 10.9. The van der Waals surface area contributed by atoms with E-state index in [4.69, 9.17) is 14.2 Å². The second kappa shape index (κ2) is 5.34. The maximum atomic E-state index is 12.0. The summed E-state index contributed by atoms with van der Waals surface area (Å²) in [4.78, 5) is 25.8. The lowest BCUT2D eigenvalue weighted by Crippen LogP contribution is -2.53. The zero-order valence-corrected chi connectivity index (χ0v) is 10.9. The molecular formula is C12H19NO5. The average molecular weight is 257 g/mol. The van der Waals surface area contributed by atoms with Gasteiger partial charge in [0.1, 0.15) is 18.5 Å². The Bertz CT molecular complexity index is 345. The molecule has 6 nitrogen and oxygen atoms in total. The van der Waals surface area contributed by atoms with Crippen molar-refractivity contribution >= 4 is 11.8 Å². The van der Waals surface area contributed by atoms with Gasteiger partial charge in [-0.15, -0.1) is 0 Å². The number of nitrogens with zero attached hydrogens (tertiary/aromatic N) is 1. The highest BCUT2D eigenvalue weighted by Gasteiger charge is 2.54. The van der Waals surface area contributed by atoms with E-state index in [-0.39, 0.29) is 30.8 Å². The second-order valence-electron chi connectivity index (χ2n) is 4.83. The summed E-state index contributed by atoms with van der Waals surface area (Å²) in [5.41, 5.74) is 0. The predicted octanol–water partition coefficient (Wildman–Crippen LogP) is -0.190. The van der Waals surface area contributed by atoms with E-state index in [9.17, 15) is 9.59 Å². The highest BCUT2D eigenvalue weighted by Crippen LogP contribution is 2.38. The highest BCUT2D eigenvalue weighted by molar-refractivity contribution is 6.01. The molecule has 0 amide bonds. The first-order valence-corrected chi connectivity index (χ1v) is 6.03. The number of esters is 1. The number of hydrogen-bond donors (Lipinski definition) is 0. The van der Waals surface area contributed by atoms with E-state index < -0.39 is 11.9 Å². The van der Waals surface area contributed by atoms with Crippen LogP contribution in [0.2, 0.25) is 0 Å². The van der Waals surface area contributed by atoms with Crippen LogP contribution in [0.15, 0.2) is 0 Å². The molecule has 2 aliphatic heterocycles. The molecule has 0 saturated carbocycles. The van der Waals surface area contributed by atoms with Gasteiger partial charge in [-0.2, -0.15) is 0 Å². The van der Waals surface area contributed by atoms with Crippen LogP contribution in [0.5, 0.6) is 0 Å². The number of fused-ring (bicyclic) bond motifs is 2. The Balaban J connectivity index is 2.19. The van der Waals surface area contributed by atoms with Crippen molar-refractivity contribution in [3.05, 3.63) is 0 Å². The molecule has 18 heavy (non-hydrogen) atoms. The lowest BCUT2D eigenvalue weighted by molar-refractivity contribution is -0.158. The number of carbonyl (C=O) groups excluding carboxylic acids is 2. The summed E-state index contributed by atoms with van der Waals surface area (Å²) in [7, 11) is 4.78. The number of rotatable bonds is 4. The molecule has 0 aliphatic carbocycles. The third-order valence-electron chi connectivity index (χ3n) is 3.91. The molecule has 4 atom stereocenters. The fourth-order valence-corrected chi connectivity index (χ4v) is 3.03. The molecule has 2 rings (SSSR count). The number of piperidine rings is 1. The molecule has 0 aromatic heterocycles. The van der Waals surface area contributed by atoms with Gasteiger partial charge in [0.2, 0.25) is 0 Å². The Morgan fingerprint density at radius 3 is 2.78 bits per heavy atom. The second-order valence-corrected chi connectivity index (χ2v) is 4.83. The number of ether oxygens (including phenoxy) is 3. The van der Waals surface area contributed by atoms with Crippen LogP contribution in [0.3, 0.4) is 0 Å². The molecule has 6 heteroatoms. The summed E-state index contributed by atoms with van der Waals surface area (Å²) in [5.74, 6) is -1.25. The van der Waals surface area contributed by atoms with E-state index in [0.717, 1.165) is 6.42 Å². The monoisotopic (exact) mass is 257 g/mol. The van der Waals surface area contributed by atoms with E-state index in [2.05, 4.69) is 4.90 Å².